The van der Waals surface area contributed by atoms with Crippen LogP contribution in [0.1, 0.15) is 18.4 Å². The molecule has 19 heavy (non-hydrogen) atoms. The first-order valence-electron chi connectivity index (χ1n) is 6.54. The summed E-state index contributed by atoms with van der Waals surface area (Å²) in [6.07, 6.45) is 3.93. The highest BCUT2D eigenvalue weighted by Crippen LogP contribution is 2.34. The lowest BCUT2D eigenvalue weighted by Gasteiger charge is -2.36. The molecule has 1 heterocycles. The monoisotopic (exact) mass is 276 g/mol. The van der Waals surface area contributed by atoms with Gasteiger partial charge in [0, 0.05) is 25.2 Å². The van der Waals surface area contributed by atoms with Crippen LogP contribution in [-0.4, -0.2) is 36.1 Å². The van der Waals surface area contributed by atoms with E-state index in [1.54, 1.807) is 18.9 Å². The number of para-hydroxylation sites is 1. The minimum absolute atomic E-state index is 0.169. The van der Waals surface area contributed by atoms with Gasteiger partial charge in [-0.15, -0.1) is 11.8 Å². The summed E-state index contributed by atoms with van der Waals surface area (Å²) in [5, 5.41) is 9.29. The van der Waals surface area contributed by atoms with E-state index in [2.05, 4.69) is 17.0 Å². The van der Waals surface area contributed by atoms with Crippen molar-refractivity contribution in [3.05, 3.63) is 29.8 Å². The first kappa shape index (κ1) is 14.2. The summed E-state index contributed by atoms with van der Waals surface area (Å²) in [4.78, 5) is 2.41. The van der Waals surface area contributed by atoms with Crippen LogP contribution in [-0.2, 0) is 6.54 Å². The number of rotatable bonds is 4. The molecule has 0 aliphatic carbocycles. The van der Waals surface area contributed by atoms with Crippen molar-refractivity contribution in [2.45, 2.75) is 24.1 Å². The molecule has 0 radical (unpaired) electrons. The van der Waals surface area contributed by atoms with E-state index in [1.807, 2.05) is 24.5 Å². The lowest BCUT2D eigenvalue weighted by Crippen LogP contribution is -2.41. The number of hydrogen-bond donors (Lipinski definition) is 0. The van der Waals surface area contributed by atoms with Crippen molar-refractivity contribution < 1.29 is 4.74 Å². The van der Waals surface area contributed by atoms with E-state index in [1.165, 1.54) is 5.56 Å². The number of nitrogens with zero attached hydrogens (tertiary/aromatic N) is 2. The summed E-state index contributed by atoms with van der Waals surface area (Å²) in [5.41, 5.74) is 1.22. The summed E-state index contributed by atoms with van der Waals surface area (Å²) >= 11 is 1.70. The topological polar surface area (TPSA) is 36.3 Å². The maximum Gasteiger partial charge on any atom is 0.123 e. The standard InChI is InChI=1S/C15H20N2OS/c1-18-14-6-4-3-5-13(14)11-17-9-7-15(12-16,19-2)8-10-17/h3-6H,7-11H2,1-2H3. The maximum atomic E-state index is 9.29. The Morgan fingerprint density at radius 3 is 2.63 bits per heavy atom. The minimum Gasteiger partial charge on any atom is -0.496 e. The molecule has 1 aromatic carbocycles. The molecule has 0 atom stereocenters. The first-order valence-corrected chi connectivity index (χ1v) is 7.76. The van der Waals surface area contributed by atoms with E-state index < -0.39 is 0 Å². The molecule has 3 nitrogen and oxygen atoms in total. The molecule has 102 valence electrons. The van der Waals surface area contributed by atoms with Crippen molar-refractivity contribution in [1.82, 2.24) is 4.90 Å². The van der Waals surface area contributed by atoms with Gasteiger partial charge in [0.05, 0.1) is 13.2 Å². The summed E-state index contributed by atoms with van der Waals surface area (Å²) in [5.74, 6) is 0.949. The molecule has 2 rings (SSSR count). The van der Waals surface area contributed by atoms with Crippen molar-refractivity contribution in [2.24, 2.45) is 0 Å². The molecular weight excluding hydrogens is 256 g/mol. The highest BCUT2D eigenvalue weighted by Gasteiger charge is 2.33. The minimum atomic E-state index is -0.169. The predicted molar refractivity (Wildman–Crippen MR) is 79.4 cm³/mol. The summed E-state index contributed by atoms with van der Waals surface area (Å²) < 4.78 is 5.22. The van der Waals surface area contributed by atoms with Crippen LogP contribution < -0.4 is 4.74 Å². The molecule has 0 N–H and O–H groups in total. The van der Waals surface area contributed by atoms with Crippen LogP contribution in [0.4, 0.5) is 0 Å². The summed E-state index contributed by atoms with van der Waals surface area (Å²) in [6.45, 7) is 2.86. The average Bonchev–Trinajstić information content (AvgIpc) is 2.49. The van der Waals surface area contributed by atoms with Crippen LogP contribution in [0.25, 0.3) is 0 Å². The van der Waals surface area contributed by atoms with Crippen LogP contribution in [0.15, 0.2) is 24.3 Å². The SMILES string of the molecule is COc1ccccc1CN1CCC(C#N)(SC)CC1. The zero-order chi connectivity index (χ0) is 13.7. The van der Waals surface area contributed by atoms with E-state index in [-0.39, 0.29) is 4.75 Å². The average molecular weight is 276 g/mol. The van der Waals surface area contributed by atoms with Gasteiger partial charge in [0.15, 0.2) is 0 Å². The number of benzene rings is 1. The molecule has 1 fully saturated rings. The Hall–Kier alpha value is -1.18. The van der Waals surface area contributed by atoms with E-state index in [4.69, 9.17) is 4.74 Å². The van der Waals surface area contributed by atoms with Crippen LogP contribution in [0.2, 0.25) is 0 Å². The highest BCUT2D eigenvalue weighted by atomic mass is 32.2. The van der Waals surface area contributed by atoms with Gasteiger partial charge < -0.3 is 4.74 Å². The van der Waals surface area contributed by atoms with Crippen LogP contribution >= 0.6 is 11.8 Å². The molecule has 0 amide bonds. The van der Waals surface area contributed by atoms with E-state index >= 15 is 0 Å². The number of piperidine rings is 1. The normalized spacial score (nSPS) is 18.8. The maximum absolute atomic E-state index is 9.29. The Kier molecular flexibility index (Phi) is 4.73. The van der Waals surface area contributed by atoms with Crippen molar-refractivity contribution in [2.75, 3.05) is 26.5 Å². The largest absolute Gasteiger partial charge is 0.496 e. The fraction of sp³-hybridized carbons (Fsp3) is 0.533. The van der Waals surface area contributed by atoms with Gasteiger partial charge in [-0.2, -0.15) is 5.26 Å². The van der Waals surface area contributed by atoms with Gasteiger partial charge in [-0.3, -0.25) is 4.90 Å². The van der Waals surface area contributed by atoms with Gasteiger partial charge in [-0.1, -0.05) is 18.2 Å². The predicted octanol–water partition coefficient (Wildman–Crippen LogP) is 2.92. The van der Waals surface area contributed by atoms with E-state index in [9.17, 15) is 5.26 Å². The van der Waals surface area contributed by atoms with Crippen molar-refractivity contribution in [1.29, 1.82) is 5.26 Å². The molecule has 1 aliphatic rings. The smallest absolute Gasteiger partial charge is 0.123 e. The van der Waals surface area contributed by atoms with Crippen LogP contribution in [0.5, 0.6) is 5.75 Å². The van der Waals surface area contributed by atoms with E-state index in [0.29, 0.717) is 0 Å². The molecule has 1 aliphatic heterocycles. The fourth-order valence-electron chi connectivity index (χ4n) is 2.51. The van der Waals surface area contributed by atoms with Gasteiger partial charge in [0.1, 0.15) is 10.5 Å². The first-order chi connectivity index (χ1) is 9.23. The number of thioether (sulfide) groups is 1. The van der Waals surface area contributed by atoms with Gasteiger partial charge in [-0.05, 0) is 25.2 Å². The van der Waals surface area contributed by atoms with Crippen molar-refractivity contribution in [3.8, 4) is 11.8 Å². The van der Waals surface area contributed by atoms with Crippen LogP contribution in [0.3, 0.4) is 0 Å². The number of ether oxygens (including phenoxy) is 1. The van der Waals surface area contributed by atoms with Gasteiger partial charge in [0.25, 0.3) is 0 Å². The van der Waals surface area contributed by atoms with E-state index in [0.717, 1.165) is 38.2 Å². The molecule has 0 saturated carbocycles. The molecule has 1 saturated heterocycles. The Balaban J connectivity index is 1.98. The Morgan fingerprint density at radius 1 is 1.37 bits per heavy atom. The van der Waals surface area contributed by atoms with Gasteiger partial charge >= 0.3 is 0 Å². The number of likely N-dealkylation sites (tertiary alicyclic amines) is 1. The number of methoxy groups -OCH3 is 1. The lowest BCUT2D eigenvalue weighted by molar-refractivity contribution is 0.207. The third-order valence-corrected chi connectivity index (χ3v) is 5.13. The molecule has 0 aromatic heterocycles. The van der Waals surface area contributed by atoms with Gasteiger partial charge in [0.2, 0.25) is 0 Å². The van der Waals surface area contributed by atoms with Crippen molar-refractivity contribution >= 4 is 11.8 Å². The molecular formula is C15H20N2OS. The lowest BCUT2D eigenvalue weighted by atomic mass is 9.97. The molecule has 0 spiro atoms. The third kappa shape index (κ3) is 3.23. The second-order valence-electron chi connectivity index (χ2n) is 4.90. The second kappa shape index (κ2) is 6.31. The molecule has 0 unspecified atom stereocenters. The Labute approximate surface area is 119 Å². The second-order valence-corrected chi connectivity index (χ2v) is 6.09. The quantitative estimate of drug-likeness (QED) is 0.847. The summed E-state index contributed by atoms with van der Waals surface area (Å²) in [6, 6.07) is 10.6. The number of nitriles is 1. The summed E-state index contributed by atoms with van der Waals surface area (Å²) in [7, 11) is 1.71. The fourth-order valence-corrected chi connectivity index (χ4v) is 3.19. The van der Waals surface area contributed by atoms with Gasteiger partial charge in [-0.25, -0.2) is 0 Å². The molecule has 1 aromatic rings. The number of hydrogen-bond acceptors (Lipinski definition) is 4. The molecule has 4 heteroatoms. The van der Waals surface area contributed by atoms with Crippen molar-refractivity contribution in [3.63, 3.8) is 0 Å². The zero-order valence-electron chi connectivity index (χ0n) is 11.6. The zero-order valence-corrected chi connectivity index (χ0v) is 12.4. The molecule has 0 bridgehead atoms. The highest BCUT2D eigenvalue weighted by molar-refractivity contribution is 8.00. The Morgan fingerprint density at radius 2 is 2.05 bits per heavy atom. The third-order valence-electron chi connectivity index (χ3n) is 3.84. The van der Waals surface area contributed by atoms with Crippen LogP contribution in [0, 0.1) is 11.3 Å². The Bertz CT molecular complexity index is 461.